The minimum atomic E-state index is -4.57. The fraction of sp³-hybridized carbons (Fsp3) is 0.238. The number of aromatic nitrogens is 1. The standard InChI is InChI=1S/C21H18ClF3N2O2/c1-3-17(27-18-7-5-4-6-14(18)12(2)10-19(27)28)20(29)26-16-11-13(21(23,24)25)8-9-15(16)22/h4-11,17H,3H2,1-2H3,(H,26,29). The van der Waals surface area contributed by atoms with E-state index in [1.807, 2.05) is 12.1 Å². The Balaban J connectivity index is 2.04. The largest absolute Gasteiger partial charge is 0.416 e. The first-order chi connectivity index (χ1) is 13.6. The molecule has 152 valence electrons. The van der Waals surface area contributed by atoms with Gasteiger partial charge in [-0.05, 0) is 43.2 Å². The Kier molecular flexibility index (Phi) is 5.71. The van der Waals surface area contributed by atoms with Crippen molar-refractivity contribution in [3.63, 3.8) is 0 Å². The zero-order valence-corrected chi connectivity index (χ0v) is 16.4. The predicted molar refractivity (Wildman–Crippen MR) is 107 cm³/mol. The zero-order chi connectivity index (χ0) is 21.3. The number of para-hydroxylation sites is 1. The average Bonchev–Trinajstić information content (AvgIpc) is 2.65. The summed E-state index contributed by atoms with van der Waals surface area (Å²) in [7, 11) is 0. The highest BCUT2D eigenvalue weighted by atomic mass is 35.5. The molecular formula is C21H18ClF3N2O2. The van der Waals surface area contributed by atoms with Gasteiger partial charge in [0.15, 0.2) is 0 Å². The molecule has 0 aliphatic heterocycles. The Bertz CT molecular complexity index is 1140. The van der Waals surface area contributed by atoms with Gasteiger partial charge in [-0.3, -0.25) is 14.2 Å². The van der Waals surface area contributed by atoms with Crippen molar-refractivity contribution in [1.82, 2.24) is 4.57 Å². The van der Waals surface area contributed by atoms with Gasteiger partial charge in [0.25, 0.3) is 5.56 Å². The molecule has 2 aromatic carbocycles. The second kappa shape index (κ2) is 7.91. The first kappa shape index (κ1) is 20.9. The van der Waals surface area contributed by atoms with Crippen LogP contribution in [0.3, 0.4) is 0 Å². The molecule has 1 aromatic heterocycles. The van der Waals surface area contributed by atoms with Gasteiger partial charge in [-0.2, -0.15) is 13.2 Å². The molecule has 4 nitrogen and oxygen atoms in total. The third-order valence-corrected chi connectivity index (χ3v) is 5.05. The van der Waals surface area contributed by atoms with Crippen molar-refractivity contribution in [3.8, 4) is 0 Å². The van der Waals surface area contributed by atoms with Gasteiger partial charge in [0, 0.05) is 11.5 Å². The Morgan fingerprint density at radius 1 is 1.17 bits per heavy atom. The summed E-state index contributed by atoms with van der Waals surface area (Å²) in [5.74, 6) is -0.621. The van der Waals surface area contributed by atoms with Crippen LogP contribution >= 0.6 is 11.6 Å². The van der Waals surface area contributed by atoms with E-state index in [4.69, 9.17) is 11.6 Å². The first-order valence-electron chi connectivity index (χ1n) is 8.92. The van der Waals surface area contributed by atoms with Gasteiger partial charge in [-0.1, -0.05) is 36.7 Å². The van der Waals surface area contributed by atoms with Gasteiger partial charge in [0.1, 0.15) is 6.04 Å². The van der Waals surface area contributed by atoms with Crippen molar-refractivity contribution in [2.45, 2.75) is 32.5 Å². The van der Waals surface area contributed by atoms with Crippen LogP contribution in [0.1, 0.15) is 30.5 Å². The van der Waals surface area contributed by atoms with Crippen LogP contribution in [0.4, 0.5) is 18.9 Å². The second-order valence-electron chi connectivity index (χ2n) is 6.66. The molecule has 1 amide bonds. The summed E-state index contributed by atoms with van der Waals surface area (Å²) in [5, 5.41) is 3.24. The molecule has 0 aliphatic rings. The Hall–Kier alpha value is -2.80. The zero-order valence-electron chi connectivity index (χ0n) is 15.7. The lowest BCUT2D eigenvalue weighted by atomic mass is 10.1. The van der Waals surface area contributed by atoms with Crippen LogP contribution in [-0.4, -0.2) is 10.5 Å². The quantitative estimate of drug-likeness (QED) is 0.597. The summed E-state index contributed by atoms with van der Waals surface area (Å²) in [6.07, 6.45) is -4.31. The van der Waals surface area contributed by atoms with E-state index in [0.29, 0.717) is 5.52 Å². The van der Waals surface area contributed by atoms with Crippen LogP contribution in [0.5, 0.6) is 0 Å². The smallest absolute Gasteiger partial charge is 0.323 e. The maximum absolute atomic E-state index is 13.0. The fourth-order valence-corrected chi connectivity index (χ4v) is 3.45. The summed E-state index contributed by atoms with van der Waals surface area (Å²) in [4.78, 5) is 25.6. The van der Waals surface area contributed by atoms with E-state index in [2.05, 4.69) is 5.32 Å². The monoisotopic (exact) mass is 422 g/mol. The number of halogens is 4. The number of nitrogens with one attached hydrogen (secondary N) is 1. The van der Waals surface area contributed by atoms with Gasteiger partial charge in [0.2, 0.25) is 5.91 Å². The van der Waals surface area contributed by atoms with Crippen molar-refractivity contribution < 1.29 is 18.0 Å². The van der Waals surface area contributed by atoms with Crippen LogP contribution in [0.2, 0.25) is 5.02 Å². The first-order valence-corrected chi connectivity index (χ1v) is 9.29. The van der Waals surface area contributed by atoms with Crippen molar-refractivity contribution in [3.05, 3.63) is 75.0 Å². The molecule has 8 heteroatoms. The van der Waals surface area contributed by atoms with E-state index in [-0.39, 0.29) is 22.7 Å². The van der Waals surface area contributed by atoms with Crippen LogP contribution in [-0.2, 0) is 11.0 Å². The lowest BCUT2D eigenvalue weighted by Gasteiger charge is -2.21. The van der Waals surface area contributed by atoms with Crippen LogP contribution in [0, 0.1) is 6.92 Å². The molecule has 1 atom stereocenters. The number of amides is 1. The van der Waals surface area contributed by atoms with Gasteiger partial charge in [-0.25, -0.2) is 0 Å². The minimum Gasteiger partial charge on any atom is -0.323 e. The summed E-state index contributed by atoms with van der Waals surface area (Å²) >= 11 is 5.98. The van der Waals surface area contributed by atoms with E-state index >= 15 is 0 Å². The van der Waals surface area contributed by atoms with Crippen molar-refractivity contribution >= 4 is 34.1 Å². The van der Waals surface area contributed by atoms with E-state index in [9.17, 15) is 22.8 Å². The Labute approximate surface area is 169 Å². The average molecular weight is 423 g/mol. The molecule has 0 bridgehead atoms. The molecule has 1 heterocycles. The number of fused-ring (bicyclic) bond motifs is 1. The topological polar surface area (TPSA) is 51.1 Å². The third-order valence-electron chi connectivity index (χ3n) is 4.72. The minimum absolute atomic E-state index is 0.0256. The molecule has 1 unspecified atom stereocenters. The molecule has 1 N–H and O–H groups in total. The number of benzene rings is 2. The number of alkyl halides is 3. The number of carbonyl (C=O) groups is 1. The van der Waals surface area contributed by atoms with Gasteiger partial charge in [-0.15, -0.1) is 0 Å². The highest BCUT2D eigenvalue weighted by molar-refractivity contribution is 6.33. The van der Waals surface area contributed by atoms with E-state index < -0.39 is 23.7 Å². The fourth-order valence-electron chi connectivity index (χ4n) is 3.29. The maximum Gasteiger partial charge on any atom is 0.416 e. The number of hydrogen-bond acceptors (Lipinski definition) is 2. The number of nitrogens with zero attached hydrogens (tertiary/aromatic N) is 1. The number of carbonyl (C=O) groups excluding carboxylic acids is 1. The third kappa shape index (κ3) is 4.15. The number of rotatable bonds is 4. The normalized spacial score (nSPS) is 12.8. The molecule has 0 fully saturated rings. The van der Waals surface area contributed by atoms with Crippen molar-refractivity contribution in [2.75, 3.05) is 5.32 Å². The number of aryl methyl sites for hydroxylation is 1. The summed E-state index contributed by atoms with van der Waals surface area (Å²) in [6, 6.07) is 10.4. The summed E-state index contributed by atoms with van der Waals surface area (Å²) in [6.45, 7) is 3.52. The molecular weight excluding hydrogens is 405 g/mol. The molecule has 0 aliphatic carbocycles. The van der Waals surface area contributed by atoms with E-state index in [0.717, 1.165) is 29.1 Å². The van der Waals surface area contributed by atoms with Crippen LogP contribution in [0.25, 0.3) is 10.9 Å². The lowest BCUT2D eigenvalue weighted by molar-refractivity contribution is -0.137. The number of pyridine rings is 1. The molecule has 3 aromatic rings. The molecule has 0 saturated heterocycles. The molecule has 3 rings (SSSR count). The molecule has 29 heavy (non-hydrogen) atoms. The van der Waals surface area contributed by atoms with E-state index in [1.54, 1.807) is 26.0 Å². The Morgan fingerprint density at radius 3 is 2.52 bits per heavy atom. The Morgan fingerprint density at radius 2 is 1.86 bits per heavy atom. The highest BCUT2D eigenvalue weighted by Gasteiger charge is 2.31. The highest BCUT2D eigenvalue weighted by Crippen LogP contribution is 2.34. The molecule has 0 saturated carbocycles. The lowest BCUT2D eigenvalue weighted by Crippen LogP contribution is -2.33. The summed E-state index contributed by atoms with van der Waals surface area (Å²) < 4.78 is 40.3. The second-order valence-corrected chi connectivity index (χ2v) is 7.07. The van der Waals surface area contributed by atoms with Crippen LogP contribution in [0.15, 0.2) is 53.3 Å². The van der Waals surface area contributed by atoms with Gasteiger partial charge in [0.05, 0.1) is 21.8 Å². The summed E-state index contributed by atoms with van der Waals surface area (Å²) in [5.41, 5.74) is -0.0939. The SMILES string of the molecule is CCC(C(=O)Nc1cc(C(F)(F)F)ccc1Cl)n1c(=O)cc(C)c2ccccc21. The van der Waals surface area contributed by atoms with Crippen LogP contribution < -0.4 is 10.9 Å². The number of hydrogen-bond donors (Lipinski definition) is 1. The van der Waals surface area contributed by atoms with Crippen molar-refractivity contribution in [2.24, 2.45) is 0 Å². The molecule has 0 spiro atoms. The van der Waals surface area contributed by atoms with Crippen molar-refractivity contribution in [1.29, 1.82) is 0 Å². The number of anilines is 1. The molecule has 0 radical (unpaired) electrons. The predicted octanol–water partition coefficient (Wildman–Crippen LogP) is 5.57. The maximum atomic E-state index is 13.0. The van der Waals surface area contributed by atoms with Gasteiger partial charge < -0.3 is 5.32 Å². The van der Waals surface area contributed by atoms with E-state index in [1.165, 1.54) is 10.6 Å². The van der Waals surface area contributed by atoms with Gasteiger partial charge >= 0.3 is 6.18 Å².